The van der Waals surface area contributed by atoms with Gasteiger partial charge in [-0.1, -0.05) is 0 Å². The Balaban J connectivity index is 1.88. The number of nitrogens with zero attached hydrogens (tertiary/aromatic N) is 2. The van der Waals surface area contributed by atoms with Crippen LogP contribution in [0.25, 0.3) is 0 Å². The fourth-order valence-corrected chi connectivity index (χ4v) is 4.39. The van der Waals surface area contributed by atoms with Gasteiger partial charge in [0, 0.05) is 31.6 Å². The first-order valence-corrected chi connectivity index (χ1v) is 9.00. The first kappa shape index (κ1) is 13.8. The summed E-state index contributed by atoms with van der Waals surface area (Å²) < 4.78 is 23.8. The molecule has 20 heavy (non-hydrogen) atoms. The van der Waals surface area contributed by atoms with Gasteiger partial charge in [0.15, 0.2) is 9.84 Å². The van der Waals surface area contributed by atoms with Crippen LogP contribution in [0.4, 0.5) is 5.82 Å². The molecule has 2 heterocycles. The molecule has 2 N–H and O–H groups in total. The molecular weight excluding hydrogens is 274 g/mol. The number of sulfone groups is 1. The summed E-state index contributed by atoms with van der Waals surface area (Å²) in [5.74, 6) is 1.82. The lowest BCUT2D eigenvalue weighted by Crippen LogP contribution is -2.32. The standard InChI is InChI=1S/C14H21N3O2S/c1-20(18,19)13-3-2-6-16-14(13)17-8-10-4-5-12(15)7-11(10)9-17/h2-3,6,10-12H,4-5,7-9,15H2,1H3/t10-,11+,12?/m1/s1. The van der Waals surface area contributed by atoms with E-state index >= 15 is 0 Å². The molecule has 3 atom stereocenters. The molecule has 2 fully saturated rings. The van der Waals surface area contributed by atoms with Gasteiger partial charge in [-0.3, -0.25) is 0 Å². The lowest BCUT2D eigenvalue weighted by molar-refractivity contribution is 0.271. The molecule has 0 bridgehead atoms. The Morgan fingerprint density at radius 3 is 2.80 bits per heavy atom. The average Bonchev–Trinajstić information content (AvgIpc) is 2.80. The van der Waals surface area contributed by atoms with E-state index in [9.17, 15) is 8.42 Å². The van der Waals surface area contributed by atoms with Crippen LogP contribution >= 0.6 is 0 Å². The third kappa shape index (κ3) is 2.54. The molecule has 110 valence electrons. The second kappa shape index (κ2) is 5.00. The predicted molar refractivity (Wildman–Crippen MR) is 78.4 cm³/mol. The molecule has 1 saturated carbocycles. The lowest BCUT2D eigenvalue weighted by Gasteiger charge is -2.27. The quantitative estimate of drug-likeness (QED) is 0.882. The van der Waals surface area contributed by atoms with Crippen molar-refractivity contribution < 1.29 is 8.42 Å². The Labute approximate surface area is 120 Å². The maximum Gasteiger partial charge on any atom is 0.179 e. The number of hydrogen-bond acceptors (Lipinski definition) is 5. The molecule has 0 amide bonds. The molecule has 6 heteroatoms. The highest BCUT2D eigenvalue weighted by Gasteiger charge is 2.38. The number of fused-ring (bicyclic) bond motifs is 1. The third-order valence-corrected chi connectivity index (χ3v) is 5.66. The van der Waals surface area contributed by atoms with Gasteiger partial charge in [-0.2, -0.15) is 0 Å². The van der Waals surface area contributed by atoms with Gasteiger partial charge in [-0.25, -0.2) is 13.4 Å². The van der Waals surface area contributed by atoms with Crippen LogP contribution in [0.3, 0.4) is 0 Å². The average molecular weight is 295 g/mol. The number of pyridine rings is 1. The largest absolute Gasteiger partial charge is 0.355 e. The van der Waals surface area contributed by atoms with Crippen LogP contribution in [0.5, 0.6) is 0 Å². The number of hydrogen-bond donors (Lipinski definition) is 1. The summed E-state index contributed by atoms with van der Waals surface area (Å²) in [4.78, 5) is 6.78. The van der Waals surface area contributed by atoms with Crippen LogP contribution in [0.1, 0.15) is 19.3 Å². The Bertz CT molecular complexity index is 602. The van der Waals surface area contributed by atoms with Gasteiger partial charge in [0.05, 0.1) is 0 Å². The topological polar surface area (TPSA) is 76.3 Å². The fourth-order valence-electron chi connectivity index (χ4n) is 3.55. The summed E-state index contributed by atoms with van der Waals surface area (Å²) in [5, 5.41) is 0. The molecule has 1 unspecified atom stereocenters. The molecule has 0 aromatic carbocycles. The molecule has 1 aromatic heterocycles. The molecule has 0 spiro atoms. The van der Waals surface area contributed by atoms with Gasteiger partial charge in [-0.15, -0.1) is 0 Å². The van der Waals surface area contributed by atoms with E-state index in [1.807, 2.05) is 0 Å². The molecule has 3 rings (SSSR count). The SMILES string of the molecule is CS(=O)(=O)c1cccnc1N1C[C@H]2CCC(N)C[C@H]2C1. The van der Waals surface area contributed by atoms with Gasteiger partial charge in [-0.05, 0) is 43.2 Å². The molecule has 5 nitrogen and oxygen atoms in total. The van der Waals surface area contributed by atoms with Crippen molar-refractivity contribution in [3.63, 3.8) is 0 Å². The van der Waals surface area contributed by atoms with Crippen molar-refractivity contribution in [2.45, 2.75) is 30.2 Å². The molecule has 1 aliphatic carbocycles. The molecule has 0 radical (unpaired) electrons. The first-order chi connectivity index (χ1) is 9.45. The molecule has 2 aliphatic rings. The third-order valence-electron chi connectivity index (χ3n) is 4.54. The van der Waals surface area contributed by atoms with Crippen molar-refractivity contribution in [2.75, 3.05) is 24.2 Å². The van der Waals surface area contributed by atoms with Gasteiger partial charge >= 0.3 is 0 Å². The van der Waals surface area contributed by atoms with E-state index in [4.69, 9.17) is 5.73 Å². The smallest absolute Gasteiger partial charge is 0.179 e. The van der Waals surface area contributed by atoms with Gasteiger partial charge in [0.2, 0.25) is 0 Å². The van der Waals surface area contributed by atoms with Crippen LogP contribution < -0.4 is 10.6 Å². The van der Waals surface area contributed by atoms with E-state index in [1.54, 1.807) is 18.3 Å². The van der Waals surface area contributed by atoms with Crippen molar-refractivity contribution in [3.8, 4) is 0 Å². The van der Waals surface area contributed by atoms with Crippen LogP contribution in [0, 0.1) is 11.8 Å². The van der Waals surface area contributed by atoms with Crippen LogP contribution in [-0.2, 0) is 9.84 Å². The summed E-state index contributed by atoms with van der Waals surface area (Å²) in [6.45, 7) is 1.77. The normalized spacial score (nSPS) is 30.3. The fraction of sp³-hybridized carbons (Fsp3) is 0.643. The van der Waals surface area contributed by atoms with E-state index in [1.165, 1.54) is 6.26 Å². The van der Waals surface area contributed by atoms with Crippen molar-refractivity contribution in [3.05, 3.63) is 18.3 Å². The van der Waals surface area contributed by atoms with E-state index in [-0.39, 0.29) is 0 Å². The monoisotopic (exact) mass is 295 g/mol. The number of rotatable bonds is 2. The van der Waals surface area contributed by atoms with E-state index in [0.717, 1.165) is 32.4 Å². The number of anilines is 1. The second-order valence-corrected chi connectivity index (χ2v) is 8.08. The van der Waals surface area contributed by atoms with Crippen molar-refractivity contribution in [1.29, 1.82) is 0 Å². The summed E-state index contributed by atoms with van der Waals surface area (Å²) in [6.07, 6.45) is 6.17. The van der Waals surface area contributed by atoms with Crippen molar-refractivity contribution in [1.82, 2.24) is 4.98 Å². The summed E-state index contributed by atoms with van der Waals surface area (Å²) in [7, 11) is -3.24. The zero-order valence-corrected chi connectivity index (χ0v) is 12.5. The molecule has 1 aromatic rings. The minimum absolute atomic E-state index is 0.300. The molecule has 1 aliphatic heterocycles. The minimum atomic E-state index is -3.24. The van der Waals surface area contributed by atoms with E-state index in [2.05, 4.69) is 9.88 Å². The van der Waals surface area contributed by atoms with Crippen molar-refractivity contribution in [2.24, 2.45) is 17.6 Å². The Kier molecular flexibility index (Phi) is 3.46. The Morgan fingerprint density at radius 1 is 1.30 bits per heavy atom. The van der Waals surface area contributed by atoms with Crippen LogP contribution in [-0.4, -0.2) is 38.8 Å². The van der Waals surface area contributed by atoms with E-state index in [0.29, 0.717) is 28.6 Å². The summed E-state index contributed by atoms with van der Waals surface area (Å²) in [6, 6.07) is 3.62. The van der Waals surface area contributed by atoms with Gasteiger partial charge in [0.25, 0.3) is 0 Å². The highest BCUT2D eigenvalue weighted by atomic mass is 32.2. The molecular formula is C14H21N3O2S. The summed E-state index contributed by atoms with van der Waals surface area (Å²) in [5.41, 5.74) is 6.04. The van der Waals surface area contributed by atoms with E-state index < -0.39 is 9.84 Å². The maximum absolute atomic E-state index is 11.9. The number of aromatic nitrogens is 1. The molecule has 1 saturated heterocycles. The lowest BCUT2D eigenvalue weighted by atomic mass is 9.79. The van der Waals surface area contributed by atoms with Gasteiger partial charge < -0.3 is 10.6 Å². The van der Waals surface area contributed by atoms with Crippen molar-refractivity contribution >= 4 is 15.7 Å². The highest BCUT2D eigenvalue weighted by Crippen LogP contribution is 2.38. The highest BCUT2D eigenvalue weighted by molar-refractivity contribution is 7.90. The maximum atomic E-state index is 11.9. The van der Waals surface area contributed by atoms with Crippen LogP contribution in [0.15, 0.2) is 23.2 Å². The van der Waals surface area contributed by atoms with Gasteiger partial charge in [0.1, 0.15) is 10.7 Å². The zero-order chi connectivity index (χ0) is 14.3. The predicted octanol–water partition coefficient (Wildman–Crippen LogP) is 1.05. The first-order valence-electron chi connectivity index (χ1n) is 7.11. The minimum Gasteiger partial charge on any atom is -0.355 e. The Morgan fingerprint density at radius 2 is 2.05 bits per heavy atom. The Hall–Kier alpha value is -1.14. The number of nitrogens with two attached hydrogens (primary N) is 1. The summed E-state index contributed by atoms with van der Waals surface area (Å²) >= 11 is 0. The zero-order valence-electron chi connectivity index (χ0n) is 11.7. The van der Waals surface area contributed by atoms with Crippen LogP contribution in [0.2, 0.25) is 0 Å². The second-order valence-electron chi connectivity index (χ2n) is 6.10.